The molecule has 0 radical (unpaired) electrons. The van der Waals surface area contributed by atoms with Crippen molar-refractivity contribution >= 4 is 17.9 Å². The van der Waals surface area contributed by atoms with E-state index in [-0.39, 0.29) is 75.2 Å². The fourth-order valence-electron chi connectivity index (χ4n) is 5.27. The number of carbonyl (C=O) groups is 3. The third-order valence-electron chi connectivity index (χ3n) is 7.23. The third-order valence-corrected chi connectivity index (χ3v) is 7.23. The summed E-state index contributed by atoms with van der Waals surface area (Å²) >= 11 is 0. The van der Waals surface area contributed by atoms with Crippen LogP contribution >= 0.6 is 0 Å². The highest BCUT2D eigenvalue weighted by atomic mass is 19.3. The van der Waals surface area contributed by atoms with Crippen LogP contribution in [0.25, 0.3) is 0 Å². The molecule has 7 nitrogen and oxygen atoms in total. The fourth-order valence-corrected chi connectivity index (χ4v) is 5.27. The van der Waals surface area contributed by atoms with E-state index in [0.29, 0.717) is 35.8 Å². The van der Waals surface area contributed by atoms with Gasteiger partial charge in [-0.15, -0.1) is 0 Å². The maximum absolute atomic E-state index is 13.4. The zero-order valence-corrected chi connectivity index (χ0v) is 23.2. The van der Waals surface area contributed by atoms with Gasteiger partial charge in [-0.2, -0.15) is 10.5 Å². The first-order valence-corrected chi connectivity index (χ1v) is 13.5. The fraction of sp³-hybridized carbons (Fsp3) is 0.147. The summed E-state index contributed by atoms with van der Waals surface area (Å²) in [5, 5.41) is 17.7. The molecule has 11 heteroatoms. The number of halogens is 4. The molecule has 224 valence electrons. The third kappa shape index (κ3) is 6.43. The van der Waals surface area contributed by atoms with Crippen molar-refractivity contribution in [3.8, 4) is 35.1 Å². The summed E-state index contributed by atoms with van der Waals surface area (Å²) in [4.78, 5) is 34.7. The lowest BCUT2D eigenvalue weighted by molar-refractivity contribution is 0.0986. The Morgan fingerprint density at radius 1 is 0.689 bits per heavy atom. The molecule has 0 unspecified atom stereocenters. The number of rotatable bonds is 6. The molecule has 2 aliphatic rings. The zero-order valence-electron chi connectivity index (χ0n) is 23.2. The molecule has 0 spiro atoms. The van der Waals surface area contributed by atoms with Crippen molar-refractivity contribution in [2.24, 2.45) is 0 Å². The molecule has 6 rings (SSSR count). The van der Waals surface area contributed by atoms with Crippen molar-refractivity contribution in [1.82, 2.24) is 0 Å². The molecule has 0 bridgehead atoms. The van der Waals surface area contributed by atoms with Gasteiger partial charge in [0.1, 0.15) is 34.6 Å². The Bertz CT molecular complexity index is 1960. The van der Waals surface area contributed by atoms with Crippen molar-refractivity contribution in [2.75, 3.05) is 0 Å². The molecule has 45 heavy (non-hydrogen) atoms. The van der Waals surface area contributed by atoms with Gasteiger partial charge in [0.2, 0.25) is 0 Å². The number of hydrogen-bond acceptors (Lipinski definition) is 7. The van der Waals surface area contributed by atoms with E-state index < -0.39 is 18.1 Å². The minimum atomic E-state index is -2.82. The molecule has 0 fully saturated rings. The summed E-state index contributed by atoms with van der Waals surface area (Å²) in [7, 11) is 0. The maximum Gasteiger partial charge on any atom is 0.267 e. The van der Waals surface area contributed by atoms with Crippen molar-refractivity contribution in [2.45, 2.75) is 32.1 Å². The van der Waals surface area contributed by atoms with Gasteiger partial charge < -0.3 is 9.47 Å². The molecule has 0 atom stereocenters. The summed E-state index contributed by atoms with van der Waals surface area (Å²) in [6.45, 7) is 0. The Labute approximate surface area is 253 Å². The molecule has 4 aromatic carbocycles. The number of ether oxygens (including phenoxy) is 2. The van der Waals surface area contributed by atoms with Crippen LogP contribution in [0.15, 0.2) is 60.7 Å². The van der Waals surface area contributed by atoms with Gasteiger partial charge in [0, 0.05) is 36.1 Å². The number of ketones is 2. The van der Waals surface area contributed by atoms with Crippen molar-refractivity contribution in [3.05, 3.63) is 117 Å². The Kier molecular flexibility index (Phi) is 8.73. The van der Waals surface area contributed by atoms with Crippen molar-refractivity contribution < 1.29 is 41.4 Å². The lowest BCUT2D eigenvalue weighted by Gasteiger charge is -2.14. The Hall–Kier alpha value is -5.81. The number of alkyl halides is 2. The SMILES string of the molecule is N#Cc1cc(F)cc(Oc2ccc3c(c2C(F)F)CCC3=O)c1.N#Cc1cc(F)cc(Oc2ccc3c(c2C=O)CCC3=O)c1. The van der Waals surface area contributed by atoms with Crippen LogP contribution in [-0.4, -0.2) is 17.9 Å². The Morgan fingerprint density at radius 3 is 1.69 bits per heavy atom. The molecule has 2 aliphatic carbocycles. The van der Waals surface area contributed by atoms with E-state index in [1.807, 2.05) is 6.07 Å². The van der Waals surface area contributed by atoms with Gasteiger partial charge in [0.05, 0.1) is 34.4 Å². The van der Waals surface area contributed by atoms with Gasteiger partial charge in [-0.1, -0.05) is 0 Å². The Balaban J connectivity index is 0.000000178. The highest BCUT2D eigenvalue weighted by Gasteiger charge is 2.29. The quantitative estimate of drug-likeness (QED) is 0.160. The molecule has 0 aliphatic heterocycles. The first kappa shape index (κ1) is 30.6. The highest BCUT2D eigenvalue weighted by Crippen LogP contribution is 2.40. The molecule has 0 heterocycles. The van der Waals surface area contributed by atoms with E-state index in [0.717, 1.165) is 24.3 Å². The molecule has 0 N–H and O–H groups in total. The monoisotopic (exact) mass is 612 g/mol. The summed E-state index contributed by atoms with van der Waals surface area (Å²) < 4.78 is 64.6. The second-order valence-corrected chi connectivity index (χ2v) is 10.1. The average Bonchev–Trinajstić information content (AvgIpc) is 3.58. The van der Waals surface area contributed by atoms with E-state index >= 15 is 0 Å². The number of Topliss-reactive ketones (excluding diaryl/α,β-unsaturated/α-hetero) is 2. The number of benzene rings is 4. The second-order valence-electron chi connectivity index (χ2n) is 10.1. The van der Waals surface area contributed by atoms with Crippen LogP contribution in [0.2, 0.25) is 0 Å². The number of nitrogens with zero attached hydrogens (tertiary/aromatic N) is 2. The van der Waals surface area contributed by atoms with Crippen LogP contribution in [0, 0.1) is 34.3 Å². The molecule has 0 amide bonds. The van der Waals surface area contributed by atoms with Crippen LogP contribution in [0.4, 0.5) is 17.6 Å². The second kappa shape index (κ2) is 12.8. The predicted molar refractivity (Wildman–Crippen MR) is 151 cm³/mol. The predicted octanol–water partition coefficient (Wildman–Crippen LogP) is 7.99. The van der Waals surface area contributed by atoms with Gasteiger partial charge in [-0.3, -0.25) is 14.4 Å². The smallest absolute Gasteiger partial charge is 0.267 e. The normalized spacial score (nSPS) is 12.9. The molecular formula is C34H20F4N2O5. The lowest BCUT2D eigenvalue weighted by atomic mass is 10.0. The molecule has 0 saturated heterocycles. The molecular weight excluding hydrogens is 592 g/mol. The maximum atomic E-state index is 13.4. The van der Waals surface area contributed by atoms with Gasteiger partial charge in [0.15, 0.2) is 17.9 Å². The van der Waals surface area contributed by atoms with E-state index in [4.69, 9.17) is 20.0 Å². The van der Waals surface area contributed by atoms with E-state index in [9.17, 15) is 31.9 Å². The van der Waals surface area contributed by atoms with Gasteiger partial charge in [-0.05, 0) is 72.5 Å². The van der Waals surface area contributed by atoms with Crippen LogP contribution in [0.5, 0.6) is 23.0 Å². The number of carbonyl (C=O) groups excluding carboxylic acids is 3. The molecule has 0 saturated carbocycles. The van der Waals surface area contributed by atoms with Crippen LogP contribution in [0.1, 0.15) is 78.2 Å². The van der Waals surface area contributed by atoms with Crippen LogP contribution in [-0.2, 0) is 12.8 Å². The number of hydrogen-bond donors (Lipinski definition) is 0. The van der Waals surface area contributed by atoms with Gasteiger partial charge in [-0.25, -0.2) is 17.6 Å². The standard InChI is InChI=1S/C17H10F3NO2.C17H10FNO3/c18-10-5-9(8-21)6-11(7-10)23-15-4-2-12-13(1-3-14(12)22)16(15)17(19)20;18-11-5-10(8-19)6-12(7-11)22-17-4-2-14-13(15(17)9-20)1-3-16(14)21/h2,4-7,17H,1,3H2;2,4-7,9H,1,3H2. The largest absolute Gasteiger partial charge is 0.457 e. The van der Waals surface area contributed by atoms with Crippen molar-refractivity contribution in [1.29, 1.82) is 10.5 Å². The van der Waals surface area contributed by atoms with Crippen LogP contribution in [0.3, 0.4) is 0 Å². The van der Waals surface area contributed by atoms with Crippen molar-refractivity contribution in [3.63, 3.8) is 0 Å². The summed E-state index contributed by atoms with van der Waals surface area (Å²) in [6.07, 6.45) is -0.897. The average molecular weight is 613 g/mol. The van der Waals surface area contributed by atoms with E-state index in [1.165, 1.54) is 30.3 Å². The Morgan fingerprint density at radius 2 is 1.18 bits per heavy atom. The topological polar surface area (TPSA) is 117 Å². The summed E-state index contributed by atoms with van der Waals surface area (Å²) in [6, 6.07) is 16.3. The zero-order chi connectivity index (χ0) is 32.2. The van der Waals surface area contributed by atoms with E-state index in [2.05, 4.69) is 0 Å². The first-order valence-electron chi connectivity index (χ1n) is 13.5. The summed E-state index contributed by atoms with van der Waals surface area (Å²) in [5.41, 5.74) is 1.85. The van der Waals surface area contributed by atoms with E-state index in [1.54, 1.807) is 12.1 Å². The number of aldehydes is 1. The van der Waals surface area contributed by atoms with Crippen LogP contribution < -0.4 is 9.47 Å². The number of nitriles is 2. The lowest BCUT2D eigenvalue weighted by Crippen LogP contribution is -2.00. The first-order chi connectivity index (χ1) is 21.6. The minimum Gasteiger partial charge on any atom is -0.457 e. The summed E-state index contributed by atoms with van der Waals surface area (Å²) in [5.74, 6) is -1.28. The number of fused-ring (bicyclic) bond motifs is 2. The minimum absolute atomic E-state index is 0.00201. The van der Waals surface area contributed by atoms with Gasteiger partial charge >= 0.3 is 0 Å². The highest BCUT2D eigenvalue weighted by molar-refractivity contribution is 6.03. The molecule has 0 aromatic heterocycles. The molecule has 4 aromatic rings. The van der Waals surface area contributed by atoms with Gasteiger partial charge in [0.25, 0.3) is 6.43 Å².